The van der Waals surface area contributed by atoms with Crippen LogP contribution in [0.3, 0.4) is 0 Å². The highest BCUT2D eigenvalue weighted by Gasteiger charge is 2.19. The molecule has 82 valence electrons. The van der Waals surface area contributed by atoms with E-state index in [1.807, 2.05) is 30.5 Å². The van der Waals surface area contributed by atoms with Crippen LogP contribution in [-0.4, -0.2) is 30.0 Å². The lowest BCUT2D eigenvalue weighted by Gasteiger charge is -2.27. The van der Waals surface area contributed by atoms with Gasteiger partial charge < -0.3 is 15.6 Å². The lowest BCUT2D eigenvalue weighted by Crippen LogP contribution is -2.56. The van der Waals surface area contributed by atoms with E-state index in [1.165, 1.54) is 0 Å². The maximum Gasteiger partial charge on any atom is 0.251 e. The first-order chi connectivity index (χ1) is 7.83. The zero-order chi connectivity index (χ0) is 11.0. The van der Waals surface area contributed by atoms with Crippen molar-refractivity contribution in [2.45, 2.75) is 6.04 Å². The molecular weight excluding hydrogens is 202 g/mol. The molecule has 0 radical (unpaired) electrons. The van der Waals surface area contributed by atoms with E-state index in [9.17, 15) is 4.79 Å². The number of hydrogen-bond donors (Lipinski definition) is 3. The summed E-state index contributed by atoms with van der Waals surface area (Å²) in [4.78, 5) is 15.0. The number of carbonyl (C=O) groups excluding carboxylic acids is 1. The van der Waals surface area contributed by atoms with Crippen LogP contribution in [0.1, 0.15) is 10.4 Å². The molecule has 1 fully saturated rings. The Balaban J connectivity index is 1.83. The molecule has 0 unspecified atom stereocenters. The molecule has 16 heavy (non-hydrogen) atoms. The van der Waals surface area contributed by atoms with Crippen molar-refractivity contribution in [2.24, 2.45) is 0 Å². The highest BCUT2D eigenvalue weighted by Crippen LogP contribution is 2.14. The molecule has 1 aromatic carbocycles. The van der Waals surface area contributed by atoms with Crippen molar-refractivity contribution in [2.75, 3.05) is 13.1 Å². The number of fused-ring (bicyclic) bond motifs is 1. The van der Waals surface area contributed by atoms with E-state index in [1.54, 1.807) is 0 Å². The van der Waals surface area contributed by atoms with Gasteiger partial charge in [-0.15, -0.1) is 0 Å². The number of hydrogen-bond acceptors (Lipinski definition) is 2. The first kappa shape index (κ1) is 9.42. The summed E-state index contributed by atoms with van der Waals surface area (Å²) in [5, 5.41) is 7.17. The first-order valence-corrected chi connectivity index (χ1v) is 5.42. The summed E-state index contributed by atoms with van der Waals surface area (Å²) in [6, 6.07) is 7.95. The van der Waals surface area contributed by atoms with Gasteiger partial charge in [0.1, 0.15) is 0 Å². The highest BCUT2D eigenvalue weighted by atomic mass is 16.1. The molecule has 1 aliphatic heterocycles. The summed E-state index contributed by atoms with van der Waals surface area (Å²) >= 11 is 0. The number of H-pyrrole nitrogens is 1. The standard InChI is InChI=1S/C12H13N3O/c16-12(15-10-6-13-7-10)9-1-2-11-8(5-9)3-4-14-11/h1-5,10,13-14H,6-7H2,(H,15,16). The topological polar surface area (TPSA) is 56.9 Å². The number of rotatable bonds is 2. The zero-order valence-corrected chi connectivity index (χ0v) is 8.79. The van der Waals surface area contributed by atoms with E-state index in [2.05, 4.69) is 15.6 Å². The molecule has 2 heterocycles. The molecule has 0 spiro atoms. The minimum Gasteiger partial charge on any atom is -0.361 e. The van der Waals surface area contributed by atoms with Crippen LogP contribution in [0.4, 0.5) is 0 Å². The molecule has 1 amide bonds. The fourth-order valence-corrected chi connectivity index (χ4v) is 1.85. The molecule has 3 N–H and O–H groups in total. The zero-order valence-electron chi connectivity index (χ0n) is 8.79. The summed E-state index contributed by atoms with van der Waals surface area (Å²) in [6.07, 6.45) is 1.88. The van der Waals surface area contributed by atoms with Gasteiger partial charge in [0, 0.05) is 35.8 Å². The minimum absolute atomic E-state index is 0.00889. The Bertz CT molecular complexity index is 528. The van der Waals surface area contributed by atoms with Gasteiger partial charge in [0.15, 0.2) is 0 Å². The van der Waals surface area contributed by atoms with Gasteiger partial charge in [-0.2, -0.15) is 0 Å². The van der Waals surface area contributed by atoms with Crippen LogP contribution in [0.25, 0.3) is 10.9 Å². The van der Waals surface area contributed by atoms with Gasteiger partial charge in [0.25, 0.3) is 5.91 Å². The third kappa shape index (κ3) is 1.57. The fourth-order valence-electron chi connectivity index (χ4n) is 1.85. The predicted octanol–water partition coefficient (Wildman–Crippen LogP) is 0.869. The van der Waals surface area contributed by atoms with Crippen LogP contribution in [0.2, 0.25) is 0 Å². The molecule has 3 rings (SSSR count). The van der Waals surface area contributed by atoms with Gasteiger partial charge in [-0.05, 0) is 24.3 Å². The Hall–Kier alpha value is -1.81. The maximum absolute atomic E-state index is 11.9. The fraction of sp³-hybridized carbons (Fsp3) is 0.250. The predicted molar refractivity (Wildman–Crippen MR) is 62.4 cm³/mol. The lowest BCUT2D eigenvalue weighted by molar-refractivity contribution is 0.0924. The van der Waals surface area contributed by atoms with E-state index in [0.29, 0.717) is 0 Å². The Morgan fingerprint density at radius 3 is 2.94 bits per heavy atom. The van der Waals surface area contributed by atoms with Gasteiger partial charge >= 0.3 is 0 Å². The van der Waals surface area contributed by atoms with Crippen LogP contribution in [-0.2, 0) is 0 Å². The van der Waals surface area contributed by atoms with Crippen molar-refractivity contribution in [1.29, 1.82) is 0 Å². The Kier molecular flexibility index (Phi) is 2.15. The molecule has 1 saturated heterocycles. The molecule has 1 aromatic heterocycles. The molecule has 0 bridgehead atoms. The second-order valence-corrected chi connectivity index (χ2v) is 4.11. The lowest BCUT2D eigenvalue weighted by atomic mass is 10.1. The number of amides is 1. The molecule has 1 aliphatic rings. The van der Waals surface area contributed by atoms with Gasteiger partial charge in [-0.3, -0.25) is 4.79 Å². The second-order valence-electron chi connectivity index (χ2n) is 4.11. The van der Waals surface area contributed by atoms with E-state index in [-0.39, 0.29) is 11.9 Å². The third-order valence-electron chi connectivity index (χ3n) is 2.93. The third-order valence-corrected chi connectivity index (χ3v) is 2.93. The van der Waals surface area contributed by atoms with Crippen LogP contribution in [0.15, 0.2) is 30.5 Å². The van der Waals surface area contributed by atoms with Gasteiger partial charge in [-0.25, -0.2) is 0 Å². The maximum atomic E-state index is 11.9. The molecule has 0 atom stereocenters. The monoisotopic (exact) mass is 215 g/mol. The Morgan fingerprint density at radius 2 is 2.19 bits per heavy atom. The van der Waals surface area contributed by atoms with Crippen LogP contribution in [0, 0.1) is 0 Å². The SMILES string of the molecule is O=C(NC1CNC1)c1ccc2[nH]ccc2c1. The molecule has 0 saturated carbocycles. The van der Waals surface area contributed by atoms with Crippen LogP contribution < -0.4 is 10.6 Å². The van der Waals surface area contributed by atoms with E-state index >= 15 is 0 Å². The van der Waals surface area contributed by atoms with Gasteiger partial charge in [0.2, 0.25) is 0 Å². The van der Waals surface area contributed by atoms with Gasteiger partial charge in [0.05, 0.1) is 6.04 Å². The number of aromatic amines is 1. The van der Waals surface area contributed by atoms with Crippen molar-refractivity contribution in [3.63, 3.8) is 0 Å². The number of benzene rings is 1. The quantitative estimate of drug-likeness (QED) is 0.696. The smallest absolute Gasteiger partial charge is 0.251 e. The molecular formula is C12H13N3O. The average Bonchev–Trinajstić information content (AvgIpc) is 2.69. The molecule has 0 aliphatic carbocycles. The van der Waals surface area contributed by atoms with E-state index in [4.69, 9.17) is 0 Å². The highest BCUT2D eigenvalue weighted by molar-refractivity contribution is 5.98. The Morgan fingerprint density at radius 1 is 1.31 bits per heavy atom. The van der Waals surface area contributed by atoms with Crippen LogP contribution in [0.5, 0.6) is 0 Å². The normalized spacial score (nSPS) is 16.0. The van der Waals surface area contributed by atoms with Crippen molar-refractivity contribution < 1.29 is 4.79 Å². The molecule has 4 nitrogen and oxygen atoms in total. The minimum atomic E-state index is 0.00889. The summed E-state index contributed by atoms with van der Waals surface area (Å²) in [6.45, 7) is 1.75. The van der Waals surface area contributed by atoms with Crippen molar-refractivity contribution in [1.82, 2.24) is 15.6 Å². The average molecular weight is 215 g/mol. The van der Waals surface area contributed by atoms with E-state index < -0.39 is 0 Å². The summed E-state index contributed by atoms with van der Waals surface area (Å²) in [5.74, 6) is 0.00889. The van der Waals surface area contributed by atoms with Crippen LogP contribution >= 0.6 is 0 Å². The molecule has 2 aromatic rings. The molecule has 4 heteroatoms. The number of nitrogens with one attached hydrogen (secondary N) is 3. The summed E-state index contributed by atoms with van der Waals surface area (Å²) in [7, 11) is 0. The number of carbonyl (C=O) groups is 1. The van der Waals surface area contributed by atoms with Crippen molar-refractivity contribution in [3.8, 4) is 0 Å². The largest absolute Gasteiger partial charge is 0.361 e. The summed E-state index contributed by atoms with van der Waals surface area (Å²) in [5.41, 5.74) is 1.78. The Labute approximate surface area is 93.0 Å². The number of aromatic nitrogens is 1. The van der Waals surface area contributed by atoms with E-state index in [0.717, 1.165) is 29.6 Å². The van der Waals surface area contributed by atoms with Gasteiger partial charge in [-0.1, -0.05) is 0 Å². The van der Waals surface area contributed by atoms with Crippen molar-refractivity contribution >= 4 is 16.8 Å². The summed E-state index contributed by atoms with van der Waals surface area (Å²) < 4.78 is 0. The van der Waals surface area contributed by atoms with Crippen molar-refractivity contribution in [3.05, 3.63) is 36.0 Å². The second kappa shape index (κ2) is 3.64. The first-order valence-electron chi connectivity index (χ1n) is 5.42.